The molecule has 1 N–H and O–H groups in total. The molecule has 0 bridgehead atoms. The first-order chi connectivity index (χ1) is 8.11. The van der Waals surface area contributed by atoms with Crippen molar-refractivity contribution in [1.29, 1.82) is 0 Å². The van der Waals surface area contributed by atoms with E-state index in [0.717, 1.165) is 10.9 Å². The Bertz CT molecular complexity index is 511. The van der Waals surface area contributed by atoms with Crippen LogP contribution in [0.1, 0.15) is 13.8 Å². The highest BCUT2D eigenvalue weighted by Crippen LogP contribution is 2.13. The van der Waals surface area contributed by atoms with Crippen molar-refractivity contribution < 1.29 is 4.74 Å². The molecule has 0 saturated heterocycles. The van der Waals surface area contributed by atoms with Gasteiger partial charge in [0.15, 0.2) is 0 Å². The number of para-hydroxylation sites is 1. The SMILES string of the molecule is COC(C)(C)CNc1ncc2ccccc2n1. The first-order valence-corrected chi connectivity index (χ1v) is 5.61. The molecule has 4 nitrogen and oxygen atoms in total. The zero-order chi connectivity index (χ0) is 12.3. The van der Waals surface area contributed by atoms with Crippen molar-refractivity contribution in [2.75, 3.05) is 19.0 Å². The summed E-state index contributed by atoms with van der Waals surface area (Å²) in [5, 5.41) is 4.23. The Kier molecular flexibility index (Phi) is 3.24. The summed E-state index contributed by atoms with van der Waals surface area (Å²) in [6, 6.07) is 7.92. The third-order valence-electron chi connectivity index (χ3n) is 2.71. The molecule has 0 spiro atoms. The summed E-state index contributed by atoms with van der Waals surface area (Å²) < 4.78 is 5.33. The molecule has 0 unspecified atom stereocenters. The fraction of sp³-hybridized carbons (Fsp3) is 0.385. The van der Waals surface area contributed by atoms with Gasteiger partial charge in [-0.05, 0) is 19.9 Å². The van der Waals surface area contributed by atoms with Crippen LogP contribution in [0.2, 0.25) is 0 Å². The van der Waals surface area contributed by atoms with Gasteiger partial charge in [0, 0.05) is 25.2 Å². The molecular formula is C13H17N3O. The summed E-state index contributed by atoms with van der Waals surface area (Å²) in [5.41, 5.74) is 0.717. The molecule has 1 aromatic heterocycles. The van der Waals surface area contributed by atoms with Crippen LogP contribution < -0.4 is 5.32 Å². The summed E-state index contributed by atoms with van der Waals surface area (Å²) in [4.78, 5) is 8.70. The maximum Gasteiger partial charge on any atom is 0.223 e. The largest absolute Gasteiger partial charge is 0.377 e. The van der Waals surface area contributed by atoms with Gasteiger partial charge in [-0.15, -0.1) is 0 Å². The number of benzene rings is 1. The number of ether oxygens (including phenoxy) is 1. The lowest BCUT2D eigenvalue weighted by Crippen LogP contribution is -2.32. The number of rotatable bonds is 4. The van der Waals surface area contributed by atoms with Gasteiger partial charge in [-0.25, -0.2) is 9.97 Å². The molecule has 0 aliphatic carbocycles. The Morgan fingerprint density at radius 2 is 2.06 bits per heavy atom. The minimum absolute atomic E-state index is 0.227. The molecule has 2 aromatic rings. The van der Waals surface area contributed by atoms with Crippen molar-refractivity contribution >= 4 is 16.9 Å². The molecule has 1 aromatic carbocycles. The molecule has 0 atom stereocenters. The van der Waals surface area contributed by atoms with Gasteiger partial charge in [0.2, 0.25) is 5.95 Å². The zero-order valence-electron chi connectivity index (χ0n) is 10.4. The highest BCUT2D eigenvalue weighted by atomic mass is 16.5. The van der Waals surface area contributed by atoms with Gasteiger partial charge in [0.05, 0.1) is 11.1 Å². The molecule has 0 saturated carbocycles. The molecule has 0 amide bonds. The van der Waals surface area contributed by atoms with Crippen molar-refractivity contribution in [2.45, 2.75) is 19.4 Å². The average molecular weight is 231 g/mol. The molecule has 17 heavy (non-hydrogen) atoms. The Labute approximate surface area is 101 Å². The van der Waals surface area contributed by atoms with E-state index < -0.39 is 0 Å². The number of fused-ring (bicyclic) bond motifs is 1. The van der Waals surface area contributed by atoms with E-state index in [9.17, 15) is 0 Å². The van der Waals surface area contributed by atoms with Crippen molar-refractivity contribution in [1.82, 2.24) is 9.97 Å². The minimum Gasteiger partial charge on any atom is -0.377 e. The zero-order valence-corrected chi connectivity index (χ0v) is 10.4. The lowest BCUT2D eigenvalue weighted by Gasteiger charge is -2.23. The van der Waals surface area contributed by atoms with Crippen LogP contribution >= 0.6 is 0 Å². The smallest absolute Gasteiger partial charge is 0.223 e. The molecular weight excluding hydrogens is 214 g/mol. The van der Waals surface area contributed by atoms with Crippen molar-refractivity contribution in [3.8, 4) is 0 Å². The molecule has 4 heteroatoms. The second-order valence-electron chi connectivity index (χ2n) is 4.57. The lowest BCUT2D eigenvalue weighted by atomic mass is 10.1. The molecule has 0 radical (unpaired) electrons. The maximum atomic E-state index is 5.33. The maximum absolute atomic E-state index is 5.33. The predicted molar refractivity (Wildman–Crippen MR) is 69.1 cm³/mol. The fourth-order valence-electron chi connectivity index (χ4n) is 1.42. The van der Waals surface area contributed by atoms with Crippen LogP contribution in [0.3, 0.4) is 0 Å². The molecule has 1 heterocycles. The number of aromatic nitrogens is 2. The van der Waals surface area contributed by atoms with Crippen LogP contribution in [0.15, 0.2) is 30.5 Å². The average Bonchev–Trinajstić information content (AvgIpc) is 2.36. The van der Waals surface area contributed by atoms with Gasteiger partial charge in [0.25, 0.3) is 0 Å². The monoisotopic (exact) mass is 231 g/mol. The van der Waals surface area contributed by atoms with Crippen molar-refractivity contribution in [2.24, 2.45) is 0 Å². The second-order valence-corrected chi connectivity index (χ2v) is 4.57. The number of nitrogens with zero attached hydrogens (tertiary/aromatic N) is 2. The van der Waals surface area contributed by atoms with E-state index in [0.29, 0.717) is 12.5 Å². The van der Waals surface area contributed by atoms with Crippen molar-refractivity contribution in [3.05, 3.63) is 30.5 Å². The summed E-state index contributed by atoms with van der Waals surface area (Å²) in [6.07, 6.45) is 1.82. The summed E-state index contributed by atoms with van der Waals surface area (Å²) in [5.74, 6) is 0.633. The van der Waals surface area contributed by atoms with Gasteiger partial charge >= 0.3 is 0 Å². The third kappa shape index (κ3) is 2.91. The van der Waals surface area contributed by atoms with Crippen LogP contribution in [0.25, 0.3) is 10.9 Å². The number of hydrogen-bond acceptors (Lipinski definition) is 4. The minimum atomic E-state index is -0.227. The Hall–Kier alpha value is -1.68. The summed E-state index contributed by atoms with van der Waals surface area (Å²) >= 11 is 0. The Morgan fingerprint density at radius 1 is 1.29 bits per heavy atom. The standard InChI is InChI=1S/C13H17N3O/c1-13(2,17-3)9-15-12-14-8-10-6-4-5-7-11(10)16-12/h4-8H,9H2,1-3H3,(H,14,15,16). The second kappa shape index (κ2) is 4.67. The Balaban J connectivity index is 2.14. The predicted octanol–water partition coefficient (Wildman–Crippen LogP) is 2.47. The van der Waals surface area contributed by atoms with E-state index in [1.807, 2.05) is 44.3 Å². The summed E-state index contributed by atoms with van der Waals surface area (Å²) in [6.45, 7) is 4.70. The number of anilines is 1. The van der Waals surface area contributed by atoms with Crippen LogP contribution in [-0.2, 0) is 4.74 Å². The van der Waals surface area contributed by atoms with Gasteiger partial charge in [-0.2, -0.15) is 0 Å². The highest BCUT2D eigenvalue weighted by Gasteiger charge is 2.16. The van der Waals surface area contributed by atoms with Gasteiger partial charge < -0.3 is 10.1 Å². The normalized spacial score (nSPS) is 11.7. The van der Waals surface area contributed by atoms with E-state index in [4.69, 9.17) is 4.74 Å². The van der Waals surface area contributed by atoms with E-state index in [2.05, 4.69) is 15.3 Å². The van der Waals surface area contributed by atoms with Crippen LogP contribution in [0.4, 0.5) is 5.95 Å². The molecule has 2 rings (SSSR count). The van der Waals surface area contributed by atoms with Crippen LogP contribution in [0, 0.1) is 0 Å². The highest BCUT2D eigenvalue weighted by molar-refractivity contribution is 5.78. The van der Waals surface area contributed by atoms with Gasteiger partial charge in [-0.1, -0.05) is 18.2 Å². The lowest BCUT2D eigenvalue weighted by molar-refractivity contribution is 0.0342. The molecule has 0 fully saturated rings. The fourth-order valence-corrected chi connectivity index (χ4v) is 1.42. The number of nitrogens with one attached hydrogen (secondary N) is 1. The number of methoxy groups -OCH3 is 1. The van der Waals surface area contributed by atoms with E-state index >= 15 is 0 Å². The van der Waals surface area contributed by atoms with Crippen LogP contribution in [-0.4, -0.2) is 29.2 Å². The van der Waals surface area contributed by atoms with Gasteiger partial charge in [0.1, 0.15) is 0 Å². The van der Waals surface area contributed by atoms with E-state index in [-0.39, 0.29) is 5.60 Å². The van der Waals surface area contributed by atoms with E-state index in [1.165, 1.54) is 0 Å². The number of hydrogen-bond donors (Lipinski definition) is 1. The molecule has 0 aliphatic heterocycles. The first-order valence-electron chi connectivity index (χ1n) is 5.61. The Morgan fingerprint density at radius 3 is 2.82 bits per heavy atom. The topological polar surface area (TPSA) is 47.0 Å². The van der Waals surface area contributed by atoms with Gasteiger partial charge in [-0.3, -0.25) is 0 Å². The van der Waals surface area contributed by atoms with Crippen molar-refractivity contribution in [3.63, 3.8) is 0 Å². The van der Waals surface area contributed by atoms with Crippen LogP contribution in [0.5, 0.6) is 0 Å². The molecule has 0 aliphatic rings. The molecule has 90 valence electrons. The first kappa shape index (κ1) is 11.8. The quantitative estimate of drug-likeness (QED) is 0.878. The third-order valence-corrected chi connectivity index (χ3v) is 2.71. The summed E-state index contributed by atoms with van der Waals surface area (Å²) in [7, 11) is 1.70. The van der Waals surface area contributed by atoms with E-state index in [1.54, 1.807) is 7.11 Å².